The Morgan fingerprint density at radius 2 is 1.81 bits per heavy atom. The second kappa shape index (κ2) is 7.81. The minimum Gasteiger partial charge on any atom is -0.389 e. The lowest BCUT2D eigenvalue weighted by atomic mass is 9.84. The molecule has 0 radical (unpaired) electrons. The van der Waals surface area contributed by atoms with Crippen LogP contribution in [0.4, 0.5) is 0 Å². The standard InChI is InChI=1S/C21H33N3O2/c25-20-14-18-6-2-3-7-19(18)22-24(20)15-17-8-12-23(13-9-17)16-21(26)10-4-1-5-11-21/h14,17,26H,1-13,15-16H2. The fourth-order valence-electron chi connectivity index (χ4n) is 5.09. The van der Waals surface area contributed by atoms with Gasteiger partial charge in [0.15, 0.2) is 0 Å². The number of fused-ring (bicyclic) bond motifs is 1. The summed E-state index contributed by atoms with van der Waals surface area (Å²) < 4.78 is 1.72. The number of aliphatic hydroxyl groups is 1. The molecule has 5 heteroatoms. The molecule has 1 aromatic heterocycles. The van der Waals surface area contributed by atoms with Gasteiger partial charge in [0.2, 0.25) is 0 Å². The van der Waals surface area contributed by atoms with E-state index in [2.05, 4.69) is 10.00 Å². The molecule has 0 aromatic carbocycles. The van der Waals surface area contributed by atoms with Gasteiger partial charge in [-0.3, -0.25) is 4.79 Å². The molecule has 1 saturated carbocycles. The zero-order valence-electron chi connectivity index (χ0n) is 16.0. The molecular formula is C21H33N3O2. The highest BCUT2D eigenvalue weighted by molar-refractivity contribution is 5.20. The Morgan fingerprint density at radius 3 is 2.58 bits per heavy atom. The van der Waals surface area contributed by atoms with Crippen molar-refractivity contribution in [2.75, 3.05) is 19.6 Å². The van der Waals surface area contributed by atoms with Crippen LogP contribution in [0.5, 0.6) is 0 Å². The zero-order valence-corrected chi connectivity index (χ0v) is 16.0. The van der Waals surface area contributed by atoms with E-state index >= 15 is 0 Å². The molecule has 0 spiro atoms. The molecule has 4 rings (SSSR count). The van der Waals surface area contributed by atoms with Gasteiger partial charge in [-0.15, -0.1) is 0 Å². The third-order valence-corrected chi connectivity index (χ3v) is 6.71. The molecule has 1 aromatic rings. The van der Waals surface area contributed by atoms with Crippen LogP contribution in [0.15, 0.2) is 10.9 Å². The van der Waals surface area contributed by atoms with E-state index in [0.717, 1.165) is 70.4 Å². The molecule has 3 aliphatic rings. The summed E-state index contributed by atoms with van der Waals surface area (Å²) in [6.07, 6.45) is 12.1. The zero-order chi connectivity index (χ0) is 18.0. The van der Waals surface area contributed by atoms with Gasteiger partial charge in [-0.1, -0.05) is 19.3 Å². The van der Waals surface area contributed by atoms with Crippen molar-refractivity contribution in [3.05, 3.63) is 27.7 Å². The van der Waals surface area contributed by atoms with Crippen LogP contribution in [0, 0.1) is 5.92 Å². The first-order valence-corrected chi connectivity index (χ1v) is 10.7. The van der Waals surface area contributed by atoms with E-state index in [0.29, 0.717) is 5.92 Å². The molecule has 1 saturated heterocycles. The van der Waals surface area contributed by atoms with Crippen molar-refractivity contribution in [1.82, 2.24) is 14.7 Å². The number of piperidine rings is 1. The predicted octanol–water partition coefficient (Wildman–Crippen LogP) is 2.53. The number of hydrogen-bond donors (Lipinski definition) is 1. The SMILES string of the molecule is O=c1cc2c(nn1CC1CCN(CC3(O)CCCCC3)CC1)CCCC2. The molecule has 2 aliphatic carbocycles. The van der Waals surface area contributed by atoms with Crippen molar-refractivity contribution in [3.63, 3.8) is 0 Å². The lowest BCUT2D eigenvalue weighted by Gasteiger charge is -2.40. The van der Waals surface area contributed by atoms with Crippen molar-refractivity contribution in [3.8, 4) is 0 Å². The minimum absolute atomic E-state index is 0.0737. The number of nitrogens with zero attached hydrogens (tertiary/aromatic N) is 3. The Balaban J connectivity index is 1.32. The summed E-state index contributed by atoms with van der Waals surface area (Å²) in [6, 6.07) is 1.83. The van der Waals surface area contributed by atoms with Gasteiger partial charge in [0.25, 0.3) is 5.56 Å². The Morgan fingerprint density at radius 1 is 1.08 bits per heavy atom. The first-order valence-electron chi connectivity index (χ1n) is 10.7. The average molecular weight is 360 g/mol. The highest BCUT2D eigenvalue weighted by Crippen LogP contribution is 2.30. The molecule has 5 nitrogen and oxygen atoms in total. The topological polar surface area (TPSA) is 58.4 Å². The van der Waals surface area contributed by atoms with Gasteiger partial charge in [-0.05, 0) is 75.9 Å². The summed E-state index contributed by atoms with van der Waals surface area (Å²) in [5.74, 6) is 0.527. The summed E-state index contributed by atoms with van der Waals surface area (Å²) >= 11 is 0. The van der Waals surface area contributed by atoms with Gasteiger partial charge >= 0.3 is 0 Å². The van der Waals surface area contributed by atoms with E-state index in [1.54, 1.807) is 4.68 Å². The molecule has 1 N–H and O–H groups in total. The van der Waals surface area contributed by atoms with E-state index in [4.69, 9.17) is 0 Å². The third-order valence-electron chi connectivity index (χ3n) is 6.71. The summed E-state index contributed by atoms with van der Waals surface area (Å²) in [5, 5.41) is 15.5. The van der Waals surface area contributed by atoms with Gasteiger partial charge in [0, 0.05) is 19.2 Å². The maximum absolute atomic E-state index is 12.4. The summed E-state index contributed by atoms with van der Waals surface area (Å²) in [7, 11) is 0. The first kappa shape index (κ1) is 18.2. The number of likely N-dealkylation sites (tertiary alicyclic amines) is 1. The second-order valence-corrected chi connectivity index (χ2v) is 8.85. The molecule has 0 unspecified atom stereocenters. The van der Waals surface area contributed by atoms with Gasteiger partial charge in [-0.25, -0.2) is 4.68 Å². The molecule has 2 fully saturated rings. The number of hydrogen-bond acceptors (Lipinski definition) is 4. The summed E-state index contributed by atoms with van der Waals surface area (Å²) in [6.45, 7) is 3.65. The van der Waals surface area contributed by atoms with E-state index in [1.807, 2.05) is 6.07 Å². The Bertz CT molecular complexity index is 670. The smallest absolute Gasteiger partial charge is 0.267 e. The summed E-state index contributed by atoms with van der Waals surface area (Å²) in [5.41, 5.74) is 1.94. The minimum atomic E-state index is -0.456. The third kappa shape index (κ3) is 4.20. The van der Waals surface area contributed by atoms with Crippen LogP contribution in [0.25, 0.3) is 0 Å². The Hall–Kier alpha value is -1.20. The molecule has 2 heterocycles. The highest BCUT2D eigenvalue weighted by atomic mass is 16.3. The molecule has 0 amide bonds. The maximum Gasteiger partial charge on any atom is 0.267 e. The predicted molar refractivity (Wildman–Crippen MR) is 102 cm³/mol. The van der Waals surface area contributed by atoms with Gasteiger partial charge in [-0.2, -0.15) is 5.10 Å². The van der Waals surface area contributed by atoms with Crippen molar-refractivity contribution in [1.29, 1.82) is 0 Å². The summed E-state index contributed by atoms with van der Waals surface area (Å²) in [4.78, 5) is 14.8. The van der Waals surface area contributed by atoms with Gasteiger partial charge < -0.3 is 10.0 Å². The van der Waals surface area contributed by atoms with E-state index < -0.39 is 5.60 Å². The van der Waals surface area contributed by atoms with Crippen LogP contribution < -0.4 is 5.56 Å². The molecule has 26 heavy (non-hydrogen) atoms. The largest absolute Gasteiger partial charge is 0.389 e. The van der Waals surface area contributed by atoms with E-state index in [1.165, 1.54) is 37.7 Å². The number of β-amino-alcohol motifs (C(OH)–C–C–N with tert-alkyl or cyclic N) is 1. The fourth-order valence-corrected chi connectivity index (χ4v) is 5.09. The maximum atomic E-state index is 12.4. The normalized spacial score (nSPS) is 24.3. The van der Waals surface area contributed by atoms with Crippen LogP contribution in [-0.2, 0) is 19.4 Å². The fraction of sp³-hybridized carbons (Fsp3) is 0.810. The van der Waals surface area contributed by atoms with Crippen molar-refractivity contribution < 1.29 is 5.11 Å². The van der Waals surface area contributed by atoms with Gasteiger partial charge in [0.1, 0.15) is 0 Å². The number of rotatable bonds is 4. The van der Waals surface area contributed by atoms with Crippen LogP contribution in [-0.4, -0.2) is 45.0 Å². The van der Waals surface area contributed by atoms with Crippen molar-refractivity contribution in [2.24, 2.45) is 5.92 Å². The van der Waals surface area contributed by atoms with Crippen LogP contribution >= 0.6 is 0 Å². The lowest BCUT2D eigenvalue weighted by Crippen LogP contribution is -2.47. The Kier molecular flexibility index (Phi) is 5.46. The van der Waals surface area contributed by atoms with Crippen LogP contribution in [0.2, 0.25) is 0 Å². The van der Waals surface area contributed by atoms with E-state index in [9.17, 15) is 9.90 Å². The highest BCUT2D eigenvalue weighted by Gasteiger charge is 2.32. The first-order chi connectivity index (χ1) is 12.6. The second-order valence-electron chi connectivity index (χ2n) is 8.85. The van der Waals surface area contributed by atoms with Gasteiger partial charge in [0.05, 0.1) is 11.3 Å². The number of aryl methyl sites for hydroxylation is 2. The molecule has 1 aliphatic heterocycles. The average Bonchev–Trinajstić information content (AvgIpc) is 2.64. The van der Waals surface area contributed by atoms with E-state index in [-0.39, 0.29) is 5.56 Å². The quantitative estimate of drug-likeness (QED) is 0.897. The van der Waals surface area contributed by atoms with Crippen LogP contribution in [0.3, 0.4) is 0 Å². The Labute approximate surface area is 156 Å². The lowest BCUT2D eigenvalue weighted by molar-refractivity contribution is -0.0332. The van der Waals surface area contributed by atoms with Crippen molar-refractivity contribution >= 4 is 0 Å². The van der Waals surface area contributed by atoms with Crippen molar-refractivity contribution in [2.45, 2.75) is 82.8 Å². The van der Waals surface area contributed by atoms with Crippen LogP contribution in [0.1, 0.15) is 69.0 Å². The monoisotopic (exact) mass is 359 g/mol. The number of aromatic nitrogens is 2. The molecular weight excluding hydrogens is 326 g/mol. The molecule has 0 atom stereocenters. The molecule has 144 valence electrons. The molecule has 0 bridgehead atoms.